The van der Waals surface area contributed by atoms with Crippen molar-refractivity contribution in [1.82, 2.24) is 66.9 Å². The monoisotopic (exact) mass is 1420 g/mol. The van der Waals surface area contributed by atoms with Crippen LogP contribution < -0.4 is 0 Å². The molecule has 0 bridgehead atoms. The minimum Gasteiger partial charge on any atom is -0.294 e. The normalized spacial score (nSPS) is 12.2. The predicted molar refractivity (Wildman–Crippen MR) is 452 cm³/mol. The van der Waals surface area contributed by atoms with Crippen LogP contribution in [-0.4, -0.2) is 66.9 Å². The van der Waals surface area contributed by atoms with Gasteiger partial charge in [0.1, 0.15) is 35.9 Å². The number of aryl methyl sites for hydroxylation is 2. The topological polar surface area (TPSA) is 125 Å². The van der Waals surface area contributed by atoms with E-state index in [4.69, 9.17) is 34.9 Å². The van der Waals surface area contributed by atoms with Gasteiger partial charge in [-0.1, -0.05) is 194 Å². The van der Waals surface area contributed by atoms with Gasteiger partial charge in [0.25, 0.3) is 0 Å². The summed E-state index contributed by atoms with van der Waals surface area (Å²) in [6.07, 6.45) is 3.40. The first-order valence-corrected chi connectivity index (χ1v) is 37.4. The average Bonchev–Trinajstić information content (AvgIpc) is 1.58. The highest BCUT2D eigenvalue weighted by molar-refractivity contribution is 6.17. The first-order chi connectivity index (χ1) is 54.9. The number of aromatic nitrogens is 14. The summed E-state index contributed by atoms with van der Waals surface area (Å²) < 4.78 is 15.7. The molecule has 0 radical (unpaired) electrons. The summed E-state index contributed by atoms with van der Waals surface area (Å²) >= 11 is 0. The second kappa shape index (κ2) is 23.2. The van der Waals surface area contributed by atoms with E-state index in [2.05, 4.69) is 361 Å². The number of para-hydroxylation sites is 9. The molecule has 518 valence electrons. The highest BCUT2D eigenvalue weighted by atomic mass is 15.3. The van der Waals surface area contributed by atoms with Gasteiger partial charge in [0, 0.05) is 87.5 Å². The molecule has 0 aliphatic rings. The van der Waals surface area contributed by atoms with Crippen molar-refractivity contribution < 1.29 is 0 Å². The second-order valence-electron chi connectivity index (χ2n) is 29.1. The fourth-order valence-corrected chi connectivity index (χ4v) is 18.2. The van der Waals surface area contributed by atoms with E-state index in [1.807, 2.05) is 0 Å². The molecule has 14 aromatic carbocycles. The Kier molecular flexibility index (Phi) is 12.7. The summed E-state index contributed by atoms with van der Waals surface area (Å²) in [5.74, 6) is 4.70. The summed E-state index contributed by atoms with van der Waals surface area (Å²) in [5, 5.41) is 15.9. The molecule has 0 saturated heterocycles. The summed E-state index contributed by atoms with van der Waals surface area (Å²) in [6, 6.07) is 113. The van der Waals surface area contributed by atoms with Crippen LogP contribution in [0.5, 0.6) is 0 Å². The average molecular weight is 1420 g/mol. The van der Waals surface area contributed by atoms with E-state index in [0.29, 0.717) is 17.8 Å². The number of nitrogens with zero attached hydrogens (tertiary/aromatic N) is 14. The van der Waals surface area contributed by atoms with E-state index >= 15 is 0 Å². The fraction of sp³-hybridized carbons (Fsp3) is 0.0206. The predicted octanol–water partition coefficient (Wildman–Crippen LogP) is 23.1. The quantitative estimate of drug-likeness (QED) is 0.141. The Morgan fingerprint density at radius 2 is 0.432 bits per heavy atom. The van der Waals surface area contributed by atoms with Gasteiger partial charge >= 0.3 is 0 Å². The fourth-order valence-electron chi connectivity index (χ4n) is 18.2. The molecule has 24 aromatic rings. The molecule has 0 unspecified atom stereocenters. The summed E-state index contributed by atoms with van der Waals surface area (Å²) in [6.45, 7) is 4.36. The van der Waals surface area contributed by atoms with Crippen LogP contribution in [0.1, 0.15) is 11.1 Å². The Morgan fingerprint density at radius 1 is 0.189 bits per heavy atom. The van der Waals surface area contributed by atoms with Crippen molar-refractivity contribution in [2.45, 2.75) is 13.8 Å². The third-order valence-corrected chi connectivity index (χ3v) is 23.1. The van der Waals surface area contributed by atoms with Crippen LogP contribution in [-0.2, 0) is 0 Å². The summed E-state index contributed by atoms with van der Waals surface area (Å²) in [7, 11) is 0. The van der Waals surface area contributed by atoms with Gasteiger partial charge in [0.15, 0.2) is 0 Å². The largest absolute Gasteiger partial charge is 0.294 e. The first kappa shape index (κ1) is 61.0. The maximum Gasteiger partial charge on any atom is 0.241 e. The van der Waals surface area contributed by atoms with Crippen LogP contribution in [0.4, 0.5) is 0 Å². The Morgan fingerprint density at radius 3 is 0.766 bits per heavy atom. The molecular weight excluding hydrogens is 1360 g/mol. The maximum absolute atomic E-state index is 5.56. The molecule has 111 heavy (non-hydrogen) atoms. The molecule has 10 heterocycles. The summed E-state index contributed by atoms with van der Waals surface area (Å²) in [4.78, 5) is 36.7. The summed E-state index contributed by atoms with van der Waals surface area (Å²) in [5.41, 5.74) is 21.3. The highest BCUT2D eigenvalue weighted by Gasteiger charge is 2.27. The van der Waals surface area contributed by atoms with Gasteiger partial charge in [-0.15, -0.1) is 0 Å². The van der Waals surface area contributed by atoms with E-state index in [1.54, 1.807) is 12.7 Å². The van der Waals surface area contributed by atoms with Crippen LogP contribution in [0.3, 0.4) is 0 Å². The lowest BCUT2D eigenvalue weighted by molar-refractivity contribution is 0.848. The number of hydrogen-bond donors (Lipinski definition) is 0. The van der Waals surface area contributed by atoms with E-state index < -0.39 is 0 Å². The lowest BCUT2D eigenvalue weighted by Crippen LogP contribution is -2.13. The number of benzene rings is 14. The van der Waals surface area contributed by atoms with Crippen molar-refractivity contribution in [2.24, 2.45) is 0 Å². The molecule has 0 saturated carbocycles. The van der Waals surface area contributed by atoms with E-state index in [1.165, 1.54) is 16.3 Å². The van der Waals surface area contributed by atoms with Crippen LogP contribution in [0.25, 0.3) is 216 Å². The number of rotatable bonds is 9. The van der Waals surface area contributed by atoms with E-state index in [9.17, 15) is 0 Å². The van der Waals surface area contributed by atoms with Crippen molar-refractivity contribution in [1.29, 1.82) is 0 Å². The Labute approximate surface area is 632 Å². The lowest BCUT2D eigenvalue weighted by atomic mass is 9.96. The Hall–Kier alpha value is -15.2. The van der Waals surface area contributed by atoms with Gasteiger partial charge in [-0.25, -0.2) is 19.9 Å². The van der Waals surface area contributed by atoms with Crippen molar-refractivity contribution >= 4 is 153 Å². The molecule has 14 heteroatoms. The zero-order valence-electron chi connectivity index (χ0n) is 59.9. The van der Waals surface area contributed by atoms with Gasteiger partial charge in [-0.2, -0.15) is 15.0 Å². The molecule has 24 rings (SSSR count). The van der Waals surface area contributed by atoms with Gasteiger partial charge < -0.3 is 0 Å². The molecular formula is C97H60N14. The van der Waals surface area contributed by atoms with Gasteiger partial charge in [-0.05, 0) is 157 Å². The third-order valence-electron chi connectivity index (χ3n) is 23.1. The van der Waals surface area contributed by atoms with Crippen LogP contribution >= 0.6 is 0 Å². The molecule has 14 nitrogen and oxygen atoms in total. The number of fused-ring (bicyclic) bond motifs is 21. The number of hydrogen-bond acceptors (Lipinski definition) is 7. The maximum atomic E-state index is 5.56. The van der Waals surface area contributed by atoms with E-state index in [0.717, 1.165) is 193 Å². The molecule has 0 spiro atoms. The molecule has 0 N–H and O–H groups in total. The van der Waals surface area contributed by atoms with Gasteiger partial charge in [0.05, 0.1) is 77.2 Å². The standard InChI is InChI=1S/C97H60N14/c1-57-39-43-86-72(47-57)66-25-7-12-30-77(66)105(86)91-53-92(99-55-98-91)106-78-31-13-8-26-67(78)73-49-59(40-44-87(73)106)60-41-45-88-74(50-60)68-27-9-14-32-79(68)107(88)93-54-94(101-56-100-93)108-80-33-15-10-28-69(80)75-51-61(42-46-89(75)108)71-52-76-70-29-11-20-38-85(70)111(90(76)48-58(71)2)97-103-95(109-81-34-16-3-21-62(81)63-22-4-17-35-82(63)109)102-96(104-97)110-83-36-18-5-23-64(83)65-24-6-19-37-84(65)110/h3-56H,1-2H3. The molecule has 0 aliphatic carbocycles. The molecule has 10 aromatic heterocycles. The van der Waals surface area contributed by atoms with Crippen molar-refractivity contribution in [3.63, 3.8) is 0 Å². The van der Waals surface area contributed by atoms with Crippen molar-refractivity contribution in [3.05, 3.63) is 339 Å². The molecule has 0 aliphatic heterocycles. The zero-order chi connectivity index (χ0) is 72.8. The van der Waals surface area contributed by atoms with Crippen LogP contribution in [0.2, 0.25) is 0 Å². The van der Waals surface area contributed by atoms with E-state index in [-0.39, 0.29) is 0 Å². The first-order valence-electron chi connectivity index (χ1n) is 37.4. The van der Waals surface area contributed by atoms with Crippen LogP contribution in [0, 0.1) is 13.8 Å². The Bertz CT molecular complexity index is 7910. The zero-order valence-corrected chi connectivity index (χ0v) is 59.9. The lowest BCUT2D eigenvalue weighted by Gasteiger charge is -2.14. The molecule has 0 amide bonds. The minimum absolute atomic E-state index is 0.514. The molecule has 0 fully saturated rings. The molecule has 0 atom stereocenters. The SMILES string of the molecule is Cc1ccc2c(c1)c1ccccc1n2-c1cc(-n2c3ccccc3c3cc(-c4ccc5c(c4)c4ccccc4n5-c4cc(-n5c6ccccc6c6cc(-c7cc8c9ccccc9n(-c9nc(-n%10c%11ccccc%11c%11ccccc%11%10)nc(-n%10c%11ccccc%11c%11ccccc%11%10)n9)c8cc7C)ccc65)ncn4)ccc32)ncn1. The van der Waals surface area contributed by atoms with Gasteiger partial charge in [0.2, 0.25) is 17.8 Å². The second-order valence-corrected chi connectivity index (χ2v) is 29.1. The Balaban J connectivity index is 0.607. The highest BCUT2D eigenvalue weighted by Crippen LogP contribution is 2.44. The van der Waals surface area contributed by atoms with Crippen LogP contribution in [0.15, 0.2) is 328 Å². The van der Waals surface area contributed by atoms with Crippen molar-refractivity contribution in [3.8, 4) is 63.4 Å². The third kappa shape index (κ3) is 8.86. The minimum atomic E-state index is 0.514. The van der Waals surface area contributed by atoms with Gasteiger partial charge in [-0.3, -0.25) is 32.0 Å². The smallest absolute Gasteiger partial charge is 0.241 e. The van der Waals surface area contributed by atoms with Crippen molar-refractivity contribution in [2.75, 3.05) is 0 Å².